The predicted molar refractivity (Wildman–Crippen MR) is 80.0 cm³/mol. The molecule has 0 spiro atoms. The Hall–Kier alpha value is -2.34. The standard InChI is InChI=1S/C14H13N3O2S/c15-14(20)13-10(2-1-5-16-13)17-7-9-3-4-11-12(6-9)19-8-18-11/h1-6,17H,7-8H2,(H2,15,20). The molecule has 2 heterocycles. The Kier molecular flexibility index (Phi) is 3.39. The highest BCUT2D eigenvalue weighted by Crippen LogP contribution is 2.32. The van der Waals surface area contributed by atoms with E-state index in [1.165, 1.54) is 0 Å². The van der Waals surface area contributed by atoms with Crippen molar-refractivity contribution < 1.29 is 9.47 Å². The van der Waals surface area contributed by atoms with Gasteiger partial charge in [-0.2, -0.15) is 0 Å². The van der Waals surface area contributed by atoms with E-state index in [1.54, 1.807) is 6.20 Å². The van der Waals surface area contributed by atoms with Crippen LogP contribution in [0, 0.1) is 0 Å². The lowest BCUT2D eigenvalue weighted by Gasteiger charge is -2.10. The van der Waals surface area contributed by atoms with Crippen LogP contribution in [0.25, 0.3) is 0 Å². The number of aromatic nitrogens is 1. The van der Waals surface area contributed by atoms with Crippen molar-refractivity contribution in [2.24, 2.45) is 5.73 Å². The lowest BCUT2D eigenvalue weighted by molar-refractivity contribution is 0.174. The van der Waals surface area contributed by atoms with E-state index < -0.39 is 0 Å². The molecule has 0 saturated heterocycles. The zero-order chi connectivity index (χ0) is 13.9. The molecule has 0 unspecified atom stereocenters. The molecule has 3 N–H and O–H groups in total. The van der Waals surface area contributed by atoms with E-state index in [9.17, 15) is 0 Å². The van der Waals surface area contributed by atoms with Gasteiger partial charge < -0.3 is 20.5 Å². The number of ether oxygens (including phenoxy) is 2. The average molecular weight is 287 g/mol. The topological polar surface area (TPSA) is 69.4 Å². The normalized spacial score (nSPS) is 12.2. The number of pyridine rings is 1. The third kappa shape index (κ3) is 2.50. The van der Waals surface area contributed by atoms with E-state index in [2.05, 4.69) is 10.3 Å². The molecule has 0 aliphatic carbocycles. The summed E-state index contributed by atoms with van der Waals surface area (Å²) in [5.74, 6) is 1.55. The van der Waals surface area contributed by atoms with Gasteiger partial charge in [-0.05, 0) is 29.8 Å². The van der Waals surface area contributed by atoms with Gasteiger partial charge >= 0.3 is 0 Å². The molecule has 0 radical (unpaired) electrons. The molecular formula is C14H13N3O2S. The van der Waals surface area contributed by atoms with E-state index in [0.717, 1.165) is 22.7 Å². The first-order chi connectivity index (χ1) is 9.74. The minimum Gasteiger partial charge on any atom is -0.454 e. The quantitative estimate of drug-likeness (QED) is 0.839. The van der Waals surface area contributed by atoms with Crippen LogP contribution in [0.3, 0.4) is 0 Å². The summed E-state index contributed by atoms with van der Waals surface area (Å²) in [7, 11) is 0. The van der Waals surface area contributed by atoms with Crippen LogP contribution >= 0.6 is 12.2 Å². The number of benzene rings is 1. The Morgan fingerprint density at radius 2 is 2.15 bits per heavy atom. The predicted octanol–water partition coefficient (Wildman–Crippen LogP) is 2.06. The monoisotopic (exact) mass is 287 g/mol. The van der Waals surface area contributed by atoms with E-state index in [0.29, 0.717) is 12.2 Å². The highest BCUT2D eigenvalue weighted by atomic mass is 32.1. The van der Waals surface area contributed by atoms with E-state index in [1.807, 2.05) is 30.3 Å². The molecule has 1 aromatic heterocycles. The van der Waals surface area contributed by atoms with Crippen molar-refractivity contribution in [3.05, 3.63) is 47.8 Å². The molecule has 1 aliphatic rings. The van der Waals surface area contributed by atoms with Gasteiger partial charge in [-0.1, -0.05) is 18.3 Å². The van der Waals surface area contributed by atoms with Crippen LogP contribution in [-0.2, 0) is 6.54 Å². The number of fused-ring (bicyclic) bond motifs is 1. The first kappa shape index (κ1) is 12.7. The fourth-order valence-corrected chi connectivity index (χ4v) is 2.16. The summed E-state index contributed by atoms with van der Waals surface area (Å²) >= 11 is 4.98. The lowest BCUT2D eigenvalue weighted by atomic mass is 10.2. The Balaban J connectivity index is 1.75. The first-order valence-corrected chi connectivity index (χ1v) is 6.52. The number of nitrogens with one attached hydrogen (secondary N) is 1. The first-order valence-electron chi connectivity index (χ1n) is 6.11. The van der Waals surface area contributed by atoms with Crippen LogP contribution in [-0.4, -0.2) is 16.8 Å². The highest BCUT2D eigenvalue weighted by Gasteiger charge is 2.13. The molecule has 0 saturated carbocycles. The van der Waals surface area contributed by atoms with Crippen LogP contribution in [0.15, 0.2) is 36.5 Å². The fourth-order valence-electron chi connectivity index (χ4n) is 1.99. The SMILES string of the molecule is NC(=S)c1ncccc1NCc1ccc2c(c1)OCO2. The third-order valence-electron chi connectivity index (χ3n) is 2.96. The van der Waals surface area contributed by atoms with Crippen molar-refractivity contribution in [1.29, 1.82) is 0 Å². The maximum atomic E-state index is 5.65. The summed E-state index contributed by atoms with van der Waals surface area (Å²) in [4.78, 5) is 4.45. The number of hydrogen-bond donors (Lipinski definition) is 2. The Labute approximate surface area is 121 Å². The molecule has 0 bridgehead atoms. The number of hydrogen-bond acceptors (Lipinski definition) is 5. The van der Waals surface area contributed by atoms with Crippen molar-refractivity contribution in [1.82, 2.24) is 4.98 Å². The molecule has 0 atom stereocenters. The molecule has 0 fully saturated rings. The van der Waals surface area contributed by atoms with Gasteiger partial charge in [-0.25, -0.2) is 0 Å². The molecule has 1 aromatic carbocycles. The smallest absolute Gasteiger partial charge is 0.231 e. The molecule has 2 aromatic rings. The van der Waals surface area contributed by atoms with Crippen LogP contribution < -0.4 is 20.5 Å². The second-order valence-corrected chi connectivity index (χ2v) is 4.74. The number of thiocarbonyl (C=S) groups is 1. The zero-order valence-corrected chi connectivity index (χ0v) is 11.4. The molecule has 0 amide bonds. The summed E-state index contributed by atoms with van der Waals surface area (Å²) in [6, 6.07) is 9.57. The van der Waals surface area contributed by atoms with Gasteiger partial charge in [0.15, 0.2) is 11.5 Å². The van der Waals surface area contributed by atoms with Gasteiger partial charge in [0.2, 0.25) is 6.79 Å². The van der Waals surface area contributed by atoms with Gasteiger partial charge in [0.25, 0.3) is 0 Å². The largest absolute Gasteiger partial charge is 0.454 e. The summed E-state index contributed by atoms with van der Waals surface area (Å²) in [6.45, 7) is 0.901. The van der Waals surface area contributed by atoms with Gasteiger partial charge in [0, 0.05) is 12.7 Å². The van der Waals surface area contributed by atoms with Crippen molar-refractivity contribution >= 4 is 22.9 Å². The molecule has 5 nitrogen and oxygen atoms in total. The van der Waals surface area contributed by atoms with Gasteiger partial charge in [0.1, 0.15) is 10.7 Å². The van der Waals surface area contributed by atoms with Crippen molar-refractivity contribution in [3.8, 4) is 11.5 Å². The van der Waals surface area contributed by atoms with E-state index in [4.69, 9.17) is 27.4 Å². The van der Waals surface area contributed by atoms with Crippen LogP contribution in [0.1, 0.15) is 11.3 Å². The Bertz CT molecular complexity index is 661. The zero-order valence-electron chi connectivity index (χ0n) is 10.6. The number of nitrogens with two attached hydrogens (primary N) is 1. The third-order valence-corrected chi connectivity index (χ3v) is 3.15. The van der Waals surface area contributed by atoms with Crippen LogP contribution in [0.2, 0.25) is 0 Å². The molecule has 20 heavy (non-hydrogen) atoms. The lowest BCUT2D eigenvalue weighted by Crippen LogP contribution is -2.15. The summed E-state index contributed by atoms with van der Waals surface area (Å²) in [5.41, 5.74) is 8.14. The molecular weight excluding hydrogens is 274 g/mol. The molecule has 1 aliphatic heterocycles. The van der Waals surface area contributed by atoms with Gasteiger partial charge in [-0.15, -0.1) is 0 Å². The highest BCUT2D eigenvalue weighted by molar-refractivity contribution is 7.80. The maximum absolute atomic E-state index is 5.65. The molecule has 3 rings (SSSR count). The van der Waals surface area contributed by atoms with E-state index in [-0.39, 0.29) is 11.8 Å². The Morgan fingerprint density at radius 3 is 3.00 bits per heavy atom. The van der Waals surface area contributed by atoms with E-state index >= 15 is 0 Å². The number of anilines is 1. The van der Waals surface area contributed by atoms with Crippen molar-refractivity contribution in [2.75, 3.05) is 12.1 Å². The summed E-state index contributed by atoms with van der Waals surface area (Å²) in [6.07, 6.45) is 1.67. The van der Waals surface area contributed by atoms with Crippen LogP contribution in [0.5, 0.6) is 11.5 Å². The van der Waals surface area contributed by atoms with Gasteiger partial charge in [-0.3, -0.25) is 4.98 Å². The average Bonchev–Trinajstić information content (AvgIpc) is 2.92. The second kappa shape index (κ2) is 5.34. The minimum atomic E-state index is 0.277. The summed E-state index contributed by atoms with van der Waals surface area (Å²) < 4.78 is 10.6. The Morgan fingerprint density at radius 1 is 1.30 bits per heavy atom. The van der Waals surface area contributed by atoms with Gasteiger partial charge in [0.05, 0.1) is 5.69 Å². The van der Waals surface area contributed by atoms with Crippen molar-refractivity contribution in [2.45, 2.75) is 6.54 Å². The van der Waals surface area contributed by atoms with Crippen molar-refractivity contribution in [3.63, 3.8) is 0 Å². The second-order valence-electron chi connectivity index (χ2n) is 4.30. The number of rotatable bonds is 4. The molecule has 6 heteroatoms. The minimum absolute atomic E-state index is 0.277. The maximum Gasteiger partial charge on any atom is 0.231 e. The number of nitrogens with zero attached hydrogens (tertiary/aromatic N) is 1. The van der Waals surface area contributed by atoms with Crippen LogP contribution in [0.4, 0.5) is 5.69 Å². The fraction of sp³-hybridized carbons (Fsp3) is 0.143. The summed E-state index contributed by atoms with van der Waals surface area (Å²) in [5, 5.41) is 3.28. The molecule has 102 valence electrons.